The van der Waals surface area contributed by atoms with Crippen molar-refractivity contribution in [3.63, 3.8) is 0 Å². The molecule has 4 nitrogen and oxygen atoms in total. The summed E-state index contributed by atoms with van der Waals surface area (Å²) in [5.41, 5.74) is 6.60. The molecule has 0 aromatic heterocycles. The maximum absolute atomic E-state index is 11.6. The van der Waals surface area contributed by atoms with E-state index in [4.69, 9.17) is 10.5 Å². The number of sulfone groups is 1. The third kappa shape index (κ3) is 3.42. The van der Waals surface area contributed by atoms with Crippen molar-refractivity contribution < 1.29 is 13.2 Å². The van der Waals surface area contributed by atoms with Crippen molar-refractivity contribution in [2.45, 2.75) is 13.3 Å². The minimum Gasteiger partial charge on any atom is -0.492 e. The van der Waals surface area contributed by atoms with Gasteiger partial charge in [0.1, 0.15) is 12.4 Å². The molecule has 0 fully saturated rings. The van der Waals surface area contributed by atoms with E-state index >= 15 is 0 Å². The monoisotopic (exact) mass is 293 g/mol. The van der Waals surface area contributed by atoms with Crippen LogP contribution in [0.1, 0.15) is 13.3 Å². The molecule has 0 saturated carbocycles. The molecule has 0 spiro atoms. The first-order valence-corrected chi connectivity index (χ1v) is 8.46. The van der Waals surface area contributed by atoms with Gasteiger partial charge >= 0.3 is 0 Å². The van der Waals surface area contributed by atoms with E-state index in [1.165, 1.54) is 0 Å². The zero-order chi connectivity index (χ0) is 14.6. The lowest BCUT2D eigenvalue weighted by atomic mass is 10.1. The standard InChI is InChI=1S/C15H19NO3S/c1-2-10-20(17,18)11-9-19-15-8-7-14(16)12-5-3-4-6-13(12)15/h3-8H,2,9-11,16H2,1H3. The lowest BCUT2D eigenvalue weighted by Crippen LogP contribution is -2.16. The summed E-state index contributed by atoms with van der Waals surface area (Å²) in [6.07, 6.45) is 0.632. The van der Waals surface area contributed by atoms with E-state index in [0.29, 0.717) is 17.9 Å². The zero-order valence-electron chi connectivity index (χ0n) is 11.5. The van der Waals surface area contributed by atoms with Gasteiger partial charge in [0.25, 0.3) is 0 Å². The molecule has 0 radical (unpaired) electrons. The van der Waals surface area contributed by atoms with Gasteiger partial charge in [0.2, 0.25) is 0 Å². The van der Waals surface area contributed by atoms with Gasteiger partial charge < -0.3 is 10.5 Å². The van der Waals surface area contributed by atoms with E-state index in [1.54, 1.807) is 12.1 Å². The molecule has 2 rings (SSSR count). The lowest BCUT2D eigenvalue weighted by Gasteiger charge is -2.11. The highest BCUT2D eigenvalue weighted by Crippen LogP contribution is 2.29. The Labute approximate surface area is 119 Å². The summed E-state index contributed by atoms with van der Waals surface area (Å²) in [4.78, 5) is 0. The molecule has 2 aromatic rings. The second-order valence-corrected chi connectivity index (χ2v) is 7.00. The Morgan fingerprint density at radius 1 is 1.05 bits per heavy atom. The van der Waals surface area contributed by atoms with Crippen LogP contribution in [-0.4, -0.2) is 26.5 Å². The van der Waals surface area contributed by atoms with E-state index in [0.717, 1.165) is 10.8 Å². The molecule has 0 aliphatic carbocycles. The molecule has 0 atom stereocenters. The summed E-state index contributed by atoms with van der Waals surface area (Å²) in [7, 11) is -3.01. The van der Waals surface area contributed by atoms with Crippen molar-refractivity contribution in [3.05, 3.63) is 36.4 Å². The highest BCUT2D eigenvalue weighted by Gasteiger charge is 2.10. The maximum atomic E-state index is 11.6. The average Bonchev–Trinajstić information content (AvgIpc) is 2.41. The fraction of sp³-hybridized carbons (Fsp3) is 0.333. The van der Waals surface area contributed by atoms with Crippen molar-refractivity contribution in [2.75, 3.05) is 23.8 Å². The number of fused-ring (bicyclic) bond motifs is 1. The normalized spacial score (nSPS) is 11.7. The number of ether oxygens (including phenoxy) is 1. The van der Waals surface area contributed by atoms with Gasteiger partial charge in [0, 0.05) is 16.5 Å². The topological polar surface area (TPSA) is 69.4 Å². The summed E-state index contributed by atoms with van der Waals surface area (Å²) in [5, 5.41) is 1.82. The number of hydrogen-bond donors (Lipinski definition) is 1. The molecule has 0 unspecified atom stereocenters. The molecule has 0 saturated heterocycles. The van der Waals surface area contributed by atoms with Crippen molar-refractivity contribution in [1.29, 1.82) is 0 Å². The molecule has 0 aliphatic heterocycles. The molecule has 20 heavy (non-hydrogen) atoms. The molecule has 2 aromatic carbocycles. The number of nitrogens with two attached hydrogens (primary N) is 1. The first-order chi connectivity index (χ1) is 9.53. The van der Waals surface area contributed by atoms with E-state index in [9.17, 15) is 8.42 Å². The van der Waals surface area contributed by atoms with Crippen LogP contribution in [0.2, 0.25) is 0 Å². The minimum atomic E-state index is -3.01. The van der Waals surface area contributed by atoms with Gasteiger partial charge in [-0.25, -0.2) is 8.42 Å². The summed E-state index contributed by atoms with van der Waals surface area (Å²) in [5.74, 6) is 0.916. The molecule has 0 aliphatic rings. The first-order valence-electron chi connectivity index (χ1n) is 6.64. The Bertz CT molecular complexity index is 695. The third-order valence-corrected chi connectivity index (χ3v) is 4.90. The summed E-state index contributed by atoms with van der Waals surface area (Å²) in [6, 6.07) is 11.2. The van der Waals surface area contributed by atoms with Crippen LogP contribution in [0.5, 0.6) is 5.75 Å². The van der Waals surface area contributed by atoms with Gasteiger partial charge in [0.05, 0.1) is 11.5 Å². The Morgan fingerprint density at radius 3 is 2.45 bits per heavy atom. The molecule has 108 valence electrons. The van der Waals surface area contributed by atoms with Gasteiger partial charge in [-0.05, 0) is 18.6 Å². The van der Waals surface area contributed by atoms with Gasteiger partial charge in [-0.15, -0.1) is 0 Å². The van der Waals surface area contributed by atoms with Crippen molar-refractivity contribution >= 4 is 26.3 Å². The van der Waals surface area contributed by atoms with Crippen LogP contribution in [0, 0.1) is 0 Å². The van der Waals surface area contributed by atoms with Gasteiger partial charge in [-0.1, -0.05) is 31.2 Å². The zero-order valence-corrected chi connectivity index (χ0v) is 12.3. The highest BCUT2D eigenvalue weighted by molar-refractivity contribution is 7.91. The number of anilines is 1. The van der Waals surface area contributed by atoms with Crippen LogP contribution in [0.3, 0.4) is 0 Å². The van der Waals surface area contributed by atoms with Crippen LogP contribution >= 0.6 is 0 Å². The van der Waals surface area contributed by atoms with Crippen molar-refractivity contribution in [1.82, 2.24) is 0 Å². The van der Waals surface area contributed by atoms with Gasteiger partial charge in [-0.2, -0.15) is 0 Å². The van der Waals surface area contributed by atoms with Crippen molar-refractivity contribution in [2.24, 2.45) is 0 Å². The Hall–Kier alpha value is -1.75. The molecule has 0 heterocycles. The molecule has 5 heteroatoms. The molecule has 0 bridgehead atoms. The Balaban J connectivity index is 2.13. The third-order valence-electron chi connectivity index (χ3n) is 3.08. The van der Waals surface area contributed by atoms with Crippen LogP contribution < -0.4 is 10.5 Å². The fourth-order valence-corrected chi connectivity index (χ4v) is 3.28. The number of nitrogen functional groups attached to an aromatic ring is 1. The van der Waals surface area contributed by atoms with E-state index in [2.05, 4.69) is 0 Å². The molecular formula is C15H19NO3S. The van der Waals surface area contributed by atoms with E-state index in [1.807, 2.05) is 31.2 Å². The Kier molecular flexibility index (Phi) is 4.49. The number of benzene rings is 2. The van der Waals surface area contributed by atoms with Crippen molar-refractivity contribution in [3.8, 4) is 5.75 Å². The minimum absolute atomic E-state index is 0.0412. The van der Waals surface area contributed by atoms with Crippen LogP contribution in [0.4, 0.5) is 5.69 Å². The van der Waals surface area contributed by atoms with Gasteiger partial charge in [-0.3, -0.25) is 0 Å². The number of hydrogen-bond acceptors (Lipinski definition) is 4. The van der Waals surface area contributed by atoms with Gasteiger partial charge in [0.15, 0.2) is 9.84 Å². The molecule has 0 amide bonds. The predicted octanol–water partition coefficient (Wildman–Crippen LogP) is 2.63. The largest absolute Gasteiger partial charge is 0.492 e. The predicted molar refractivity (Wildman–Crippen MR) is 82.8 cm³/mol. The quantitative estimate of drug-likeness (QED) is 0.831. The van der Waals surface area contributed by atoms with Crippen LogP contribution in [0.25, 0.3) is 10.8 Å². The first kappa shape index (κ1) is 14.7. The SMILES string of the molecule is CCCS(=O)(=O)CCOc1ccc(N)c2ccccc12. The smallest absolute Gasteiger partial charge is 0.153 e. The van der Waals surface area contributed by atoms with E-state index < -0.39 is 9.84 Å². The Morgan fingerprint density at radius 2 is 1.75 bits per heavy atom. The lowest BCUT2D eigenvalue weighted by molar-refractivity contribution is 0.345. The fourth-order valence-electron chi connectivity index (χ4n) is 2.11. The second-order valence-electron chi connectivity index (χ2n) is 4.70. The number of rotatable bonds is 6. The average molecular weight is 293 g/mol. The summed E-state index contributed by atoms with van der Waals surface area (Å²) >= 11 is 0. The van der Waals surface area contributed by atoms with Crippen LogP contribution in [0.15, 0.2) is 36.4 Å². The highest BCUT2D eigenvalue weighted by atomic mass is 32.2. The second kappa shape index (κ2) is 6.13. The summed E-state index contributed by atoms with van der Waals surface area (Å²) < 4.78 is 28.9. The molecule has 2 N–H and O–H groups in total. The van der Waals surface area contributed by atoms with E-state index in [-0.39, 0.29) is 18.1 Å². The maximum Gasteiger partial charge on any atom is 0.153 e. The summed E-state index contributed by atoms with van der Waals surface area (Å²) in [6.45, 7) is 2.02. The molecular weight excluding hydrogens is 274 g/mol. The van der Waals surface area contributed by atoms with Crippen LogP contribution in [-0.2, 0) is 9.84 Å².